The SMILES string of the molecule is C.C.C.C.C.CC(C)CCN1CC2(CCCN(C(=O)C3=NNC(=O)CC3)C2)CCC1=O.CC1=C(CC(=O)N2CCCC3(CCC(=O)N(CC4CC4)C3)C2)C(=O)NC(=O)C1.CCCCN1CC2(CCCN(C(=O)Cc3c[nH]c(=O)[nH]c3=O)C2)CCC1=O.CCCCN1CC2(CCCN(C(=O)c3cn[nH]c3-n3cnnn3)C2)CCC1=O.Cc1[nH][nH]c(=O)c1CC(=O)N1CCCC2(CCC(=O)N(CC3CC3)C2)C1. The van der Waals surface area contributed by atoms with Crippen LogP contribution in [0.2, 0.25) is 0 Å². The molecule has 0 radical (unpaired) electrons. The summed E-state index contributed by atoms with van der Waals surface area (Å²) in [6, 6.07) is 0. The fourth-order valence-electron chi connectivity index (χ4n) is 22.4. The molecule has 12 fully saturated rings. The number of aromatic nitrogens is 10. The standard InChI is InChI=1S/C21H29N3O4.C19H28N4O4.C19H28N4O3.C19H30N4O3.C18H26N8O2.5CH4/c1-14-9-17(25)22-20(28)16(14)10-19(27)23-8-2-6-21(12-23)7-5-18(26)24(13-21)11-15-3-4-15;1-2-3-8-22-12-19(7-5-15(22)24)6-4-9-23(13-19)16(25)10-14-11-20-18(27)21-17(14)26;1-13-15(18(26)21-20-13)9-17(25)22-8-2-6-19(11-22)7-5-16(24)23(12-19)10-14-3-4-14;1-14(2)7-11-22-12-19(9-6-17(22)25)8-3-10-23(13-19)18(26)15-4-5-16(24)21-20-15;1-2-3-8-24-11-18(7-5-15(24)27)6-4-9-25(12-18)17(28)14-10-19-21-16(14)26-13-20-22-23-26;;;;;/h15H,2-13H2,1H3,(H,22,25,28);11H,2-10,12-13H2,1H3,(H2,20,21,26,27);14H,2-12H2,1H3,(H2,20,21,26);14H,3-13H2,1-2H3,(H,21,24);10,13H,2-9,11-12H2,1H3,(H,19,21);5*1H4. The predicted molar refractivity (Wildman–Crippen MR) is 530 cm³/mol. The van der Waals surface area contributed by atoms with Gasteiger partial charge in [-0.3, -0.25) is 92.4 Å². The lowest BCUT2D eigenvalue weighted by molar-refractivity contribution is -0.144. The van der Waals surface area contributed by atoms with Gasteiger partial charge < -0.3 is 59.1 Å². The molecular weight excluding hydrogens is 1790 g/mol. The van der Waals surface area contributed by atoms with Crippen molar-refractivity contribution in [2.24, 2.45) is 49.9 Å². The molecule has 5 spiro atoms. The number of aromatic amines is 5. The number of nitrogens with zero attached hydrogens (tertiary/aromatic N) is 16. The predicted octanol–water partition coefficient (Wildman–Crippen LogP) is 8.95. The molecule has 7 N–H and O–H groups in total. The van der Waals surface area contributed by atoms with E-state index in [4.69, 9.17) is 0 Å². The van der Waals surface area contributed by atoms with E-state index < -0.39 is 17.2 Å². The summed E-state index contributed by atoms with van der Waals surface area (Å²) in [7, 11) is 0. The number of nitrogens with one attached hydrogen (secondary N) is 7. The third kappa shape index (κ3) is 28.8. The first-order chi connectivity index (χ1) is 64.7. The van der Waals surface area contributed by atoms with Gasteiger partial charge in [0.15, 0.2) is 5.82 Å². The number of amides is 13. The largest absolute Gasteiger partial charge is 0.342 e. The van der Waals surface area contributed by atoms with Crippen molar-refractivity contribution < 1.29 is 62.3 Å². The maximum absolute atomic E-state index is 13.2. The second-order valence-corrected chi connectivity index (χ2v) is 41.8. The minimum absolute atomic E-state index is 0. The van der Waals surface area contributed by atoms with Gasteiger partial charge in [-0.15, -0.1) is 5.10 Å². The molecule has 39 heteroatoms. The van der Waals surface area contributed by atoms with Crippen molar-refractivity contribution in [1.29, 1.82) is 0 Å². The van der Waals surface area contributed by atoms with Crippen LogP contribution in [-0.2, 0) is 70.4 Å². The van der Waals surface area contributed by atoms with Gasteiger partial charge in [-0.2, -0.15) is 14.9 Å². The van der Waals surface area contributed by atoms with Gasteiger partial charge in [0.1, 0.15) is 17.6 Å². The topological polar surface area (TPSA) is 477 Å². The first kappa shape index (κ1) is 112. The van der Waals surface area contributed by atoms with Gasteiger partial charge in [-0.1, -0.05) is 83.2 Å². The van der Waals surface area contributed by atoms with E-state index in [-0.39, 0.29) is 172 Å². The Hall–Kier alpha value is -11.3. The zero-order chi connectivity index (χ0) is 95.9. The zero-order valence-electron chi connectivity index (χ0n) is 80.0. The molecule has 140 heavy (non-hydrogen) atoms. The summed E-state index contributed by atoms with van der Waals surface area (Å²) in [5.74, 6) is 2.50. The summed E-state index contributed by atoms with van der Waals surface area (Å²) in [6.07, 6.45) is 32.5. The molecule has 776 valence electrons. The first-order valence-electron chi connectivity index (χ1n) is 49.8. The summed E-state index contributed by atoms with van der Waals surface area (Å²) in [6.45, 7) is 27.0. The van der Waals surface area contributed by atoms with E-state index >= 15 is 0 Å². The number of rotatable bonds is 22. The Bertz CT molecular complexity index is 5250. The minimum Gasteiger partial charge on any atom is -0.342 e. The Labute approximate surface area is 824 Å². The number of hydrazone groups is 1. The number of hydrogen-bond acceptors (Lipinski definition) is 21. The molecule has 4 aromatic rings. The van der Waals surface area contributed by atoms with E-state index in [1.807, 2.05) is 44.1 Å². The van der Waals surface area contributed by atoms with Gasteiger partial charge in [0.05, 0.1) is 25.5 Å². The summed E-state index contributed by atoms with van der Waals surface area (Å²) in [4.78, 5) is 220. The summed E-state index contributed by atoms with van der Waals surface area (Å²) in [5.41, 5.74) is 4.66. The molecule has 10 saturated heterocycles. The fourth-order valence-corrected chi connectivity index (χ4v) is 22.4. The highest BCUT2D eigenvalue weighted by Crippen LogP contribution is 2.46. The molecule has 2 aliphatic carbocycles. The summed E-state index contributed by atoms with van der Waals surface area (Å²) >= 11 is 0. The molecule has 2 saturated carbocycles. The highest BCUT2D eigenvalue weighted by Gasteiger charge is 2.50. The Morgan fingerprint density at radius 1 is 0.479 bits per heavy atom. The van der Waals surface area contributed by atoms with Crippen LogP contribution in [0.4, 0.5) is 0 Å². The van der Waals surface area contributed by atoms with Gasteiger partial charge in [0, 0.05) is 238 Å². The normalized spacial score (nSPS) is 24.7. The third-order valence-electron chi connectivity index (χ3n) is 30.6. The number of imide groups is 1. The smallest absolute Gasteiger partial charge is 0.325 e. The van der Waals surface area contributed by atoms with Gasteiger partial charge in [0.25, 0.3) is 28.8 Å². The number of tetrazole rings is 1. The van der Waals surface area contributed by atoms with Crippen LogP contribution >= 0.6 is 0 Å². The van der Waals surface area contributed by atoms with Crippen molar-refractivity contribution >= 4 is 82.5 Å². The summed E-state index contributed by atoms with van der Waals surface area (Å²) in [5, 5.41) is 29.5. The number of hydrogen-bond donors (Lipinski definition) is 7. The molecule has 16 heterocycles. The highest BCUT2D eigenvalue weighted by molar-refractivity contribution is 6.39. The number of carbonyl (C=O) groups excluding carboxylic acids is 13. The Morgan fingerprint density at radius 3 is 1.33 bits per heavy atom. The van der Waals surface area contributed by atoms with Crippen LogP contribution in [0.25, 0.3) is 5.82 Å². The van der Waals surface area contributed by atoms with Crippen molar-refractivity contribution in [1.82, 2.24) is 110 Å². The van der Waals surface area contributed by atoms with Crippen LogP contribution in [-0.4, -0.2) is 313 Å². The second kappa shape index (κ2) is 49.9. The Morgan fingerprint density at radius 2 is 0.914 bits per heavy atom. The first-order valence-corrected chi connectivity index (χ1v) is 49.8. The van der Waals surface area contributed by atoms with Gasteiger partial charge in [-0.25, -0.2) is 10.2 Å². The lowest BCUT2D eigenvalue weighted by Gasteiger charge is -2.48. The van der Waals surface area contributed by atoms with Gasteiger partial charge in [-0.05, 0) is 183 Å². The molecule has 4 aromatic heterocycles. The van der Waals surface area contributed by atoms with E-state index in [0.29, 0.717) is 149 Å². The number of carbonyl (C=O) groups is 13. The molecule has 13 amide bonds. The monoisotopic (exact) mass is 1950 g/mol. The van der Waals surface area contributed by atoms with E-state index in [9.17, 15) is 76.7 Å². The molecule has 39 nitrogen and oxygen atoms in total. The minimum atomic E-state index is -0.577. The van der Waals surface area contributed by atoms with E-state index in [1.54, 1.807) is 13.8 Å². The van der Waals surface area contributed by atoms with E-state index in [1.165, 1.54) is 49.1 Å². The molecule has 12 aliphatic heterocycles. The molecule has 5 atom stereocenters. The van der Waals surface area contributed by atoms with E-state index in [2.05, 4.69) is 94.3 Å². The molecule has 14 aliphatic rings. The van der Waals surface area contributed by atoms with Crippen LogP contribution in [0, 0.1) is 51.8 Å². The fraction of sp³-hybridized carbons (Fsp3) is 0.733. The van der Waals surface area contributed by atoms with Gasteiger partial charge >= 0.3 is 5.69 Å². The van der Waals surface area contributed by atoms with Crippen LogP contribution in [0.5, 0.6) is 0 Å². The Kier molecular flexibility index (Phi) is 40.0. The molecular formula is C101H161N23O16. The number of likely N-dealkylation sites (tertiary alicyclic amines) is 10. The number of aryl methyl sites for hydroxylation is 1. The number of unbranched alkanes of at least 4 members (excludes halogenated alkanes) is 2. The lowest BCUT2D eigenvalue weighted by atomic mass is 9.73. The average Bonchev–Trinajstić information content (AvgIpc) is 1.72. The van der Waals surface area contributed by atoms with Gasteiger partial charge in [0.2, 0.25) is 59.1 Å². The molecule has 0 aromatic carbocycles. The van der Waals surface area contributed by atoms with Crippen LogP contribution < -0.4 is 27.6 Å². The zero-order valence-corrected chi connectivity index (χ0v) is 80.0. The van der Waals surface area contributed by atoms with E-state index in [0.717, 1.165) is 213 Å². The number of H-pyrrole nitrogens is 5. The maximum atomic E-state index is 13.2. The van der Waals surface area contributed by atoms with Crippen molar-refractivity contribution in [3.8, 4) is 5.82 Å². The van der Waals surface area contributed by atoms with Crippen molar-refractivity contribution in [2.75, 3.05) is 131 Å². The lowest BCUT2D eigenvalue weighted by Crippen LogP contribution is -2.56. The van der Waals surface area contributed by atoms with Crippen LogP contribution in [0.3, 0.4) is 0 Å². The molecule has 5 unspecified atom stereocenters. The molecule has 18 rings (SSSR count). The van der Waals surface area contributed by atoms with Crippen molar-refractivity contribution in [2.45, 2.75) is 303 Å². The third-order valence-corrected chi connectivity index (χ3v) is 30.6. The van der Waals surface area contributed by atoms with Crippen LogP contribution in [0.15, 0.2) is 49.4 Å². The second-order valence-electron chi connectivity index (χ2n) is 41.8. The quantitative estimate of drug-likeness (QED) is 0.0361. The van der Waals surface area contributed by atoms with Crippen LogP contribution in [0.1, 0.15) is 311 Å². The van der Waals surface area contributed by atoms with Crippen molar-refractivity contribution in [3.05, 3.63) is 83.4 Å². The maximum Gasteiger partial charge on any atom is 0.325 e. The molecule has 0 bridgehead atoms. The average molecular weight is 1950 g/mol. The number of piperidine rings is 10. The Balaban J connectivity index is 0.000000194. The highest BCUT2D eigenvalue weighted by atomic mass is 16.2. The summed E-state index contributed by atoms with van der Waals surface area (Å²) < 4.78 is 1.41. The van der Waals surface area contributed by atoms with Crippen molar-refractivity contribution in [3.63, 3.8) is 0 Å².